The van der Waals surface area contributed by atoms with E-state index in [1.54, 1.807) is 0 Å². The summed E-state index contributed by atoms with van der Waals surface area (Å²) in [5.41, 5.74) is 0. The Bertz CT molecular complexity index is 177. The van der Waals surface area contributed by atoms with Crippen molar-refractivity contribution in [1.82, 2.24) is 10.6 Å². The fraction of sp³-hybridized carbons (Fsp3) is 0.857. The minimum absolute atomic E-state index is 0. The number of carbonyl (C=O) groups excluding carboxylic acids is 1. The van der Waals surface area contributed by atoms with Crippen LogP contribution in [0.1, 0.15) is 6.42 Å². The third-order valence-corrected chi connectivity index (χ3v) is 2.19. The molecule has 1 unspecified atom stereocenters. The Morgan fingerprint density at radius 3 is 3.17 bits per heavy atom. The fourth-order valence-electron chi connectivity index (χ4n) is 1.61. The SMILES string of the molecule is Cl.O=C1CO[C@H]2CCNCC2N1. The molecule has 0 saturated carbocycles. The van der Waals surface area contributed by atoms with Crippen molar-refractivity contribution in [2.45, 2.75) is 18.6 Å². The van der Waals surface area contributed by atoms with Gasteiger partial charge in [0.2, 0.25) is 5.91 Å². The summed E-state index contributed by atoms with van der Waals surface area (Å²) in [5.74, 6) is 0.00921. The quantitative estimate of drug-likeness (QED) is 0.533. The van der Waals surface area contributed by atoms with Crippen molar-refractivity contribution in [1.29, 1.82) is 0 Å². The number of nitrogens with one attached hydrogen (secondary N) is 2. The van der Waals surface area contributed by atoms with E-state index < -0.39 is 0 Å². The highest BCUT2D eigenvalue weighted by atomic mass is 35.5. The molecule has 2 aliphatic heterocycles. The number of fused-ring (bicyclic) bond motifs is 1. The zero-order chi connectivity index (χ0) is 7.68. The number of amides is 1. The first kappa shape index (κ1) is 9.77. The van der Waals surface area contributed by atoms with Gasteiger partial charge in [-0.1, -0.05) is 0 Å². The average molecular weight is 193 g/mol. The van der Waals surface area contributed by atoms with Gasteiger partial charge in [0, 0.05) is 6.54 Å². The van der Waals surface area contributed by atoms with Crippen LogP contribution in [-0.4, -0.2) is 37.7 Å². The van der Waals surface area contributed by atoms with Crippen molar-refractivity contribution in [3.63, 3.8) is 0 Å². The second-order valence-corrected chi connectivity index (χ2v) is 3.02. The van der Waals surface area contributed by atoms with E-state index in [1.165, 1.54) is 0 Å². The van der Waals surface area contributed by atoms with Gasteiger partial charge in [-0.3, -0.25) is 4.79 Å². The van der Waals surface area contributed by atoms with E-state index in [1.807, 2.05) is 0 Å². The zero-order valence-corrected chi connectivity index (χ0v) is 7.52. The third-order valence-electron chi connectivity index (χ3n) is 2.19. The molecule has 2 aliphatic rings. The van der Waals surface area contributed by atoms with Crippen LogP contribution in [-0.2, 0) is 9.53 Å². The monoisotopic (exact) mass is 192 g/mol. The molecule has 1 amide bonds. The van der Waals surface area contributed by atoms with E-state index in [0.29, 0.717) is 0 Å². The largest absolute Gasteiger partial charge is 0.366 e. The van der Waals surface area contributed by atoms with Gasteiger partial charge in [0.15, 0.2) is 0 Å². The summed E-state index contributed by atoms with van der Waals surface area (Å²) in [6.07, 6.45) is 1.25. The zero-order valence-electron chi connectivity index (χ0n) is 6.71. The first-order valence-electron chi connectivity index (χ1n) is 3.98. The molecule has 5 heteroatoms. The summed E-state index contributed by atoms with van der Waals surface area (Å²) in [6.45, 7) is 2.08. The molecule has 2 fully saturated rings. The molecule has 0 aromatic carbocycles. The number of carbonyl (C=O) groups is 1. The van der Waals surface area contributed by atoms with Crippen LogP contribution in [0.4, 0.5) is 0 Å². The maximum Gasteiger partial charge on any atom is 0.246 e. The van der Waals surface area contributed by atoms with Crippen molar-refractivity contribution < 1.29 is 9.53 Å². The number of piperidine rings is 1. The lowest BCUT2D eigenvalue weighted by atomic mass is 10.0. The smallest absolute Gasteiger partial charge is 0.246 e. The molecule has 4 nitrogen and oxygen atoms in total. The molecule has 2 N–H and O–H groups in total. The number of hydrogen-bond acceptors (Lipinski definition) is 3. The van der Waals surface area contributed by atoms with Crippen molar-refractivity contribution >= 4 is 18.3 Å². The molecule has 0 radical (unpaired) electrons. The van der Waals surface area contributed by atoms with E-state index in [2.05, 4.69) is 10.6 Å². The van der Waals surface area contributed by atoms with E-state index >= 15 is 0 Å². The maximum atomic E-state index is 10.9. The molecule has 0 aliphatic carbocycles. The lowest BCUT2D eigenvalue weighted by Crippen LogP contribution is -2.59. The fourth-order valence-corrected chi connectivity index (χ4v) is 1.61. The van der Waals surface area contributed by atoms with Crippen LogP contribution in [0.25, 0.3) is 0 Å². The Labute approximate surface area is 77.4 Å². The molecule has 12 heavy (non-hydrogen) atoms. The summed E-state index contributed by atoms with van der Waals surface area (Å²) in [4.78, 5) is 10.9. The van der Waals surface area contributed by atoms with Gasteiger partial charge in [0.05, 0.1) is 12.1 Å². The van der Waals surface area contributed by atoms with Crippen molar-refractivity contribution in [2.75, 3.05) is 19.7 Å². The molecule has 0 bridgehead atoms. The summed E-state index contributed by atoms with van der Waals surface area (Å²) >= 11 is 0. The molecule has 70 valence electrons. The van der Waals surface area contributed by atoms with Gasteiger partial charge in [-0.25, -0.2) is 0 Å². The van der Waals surface area contributed by atoms with E-state index in [-0.39, 0.29) is 37.1 Å². The van der Waals surface area contributed by atoms with Gasteiger partial charge in [-0.2, -0.15) is 0 Å². The van der Waals surface area contributed by atoms with Gasteiger partial charge in [-0.15, -0.1) is 12.4 Å². The Balaban J connectivity index is 0.000000720. The predicted molar refractivity (Wildman–Crippen MR) is 46.4 cm³/mol. The Morgan fingerprint density at radius 1 is 1.50 bits per heavy atom. The van der Waals surface area contributed by atoms with Crippen molar-refractivity contribution in [2.24, 2.45) is 0 Å². The molecule has 2 heterocycles. The molecule has 0 aromatic heterocycles. The van der Waals surface area contributed by atoms with Gasteiger partial charge in [0.1, 0.15) is 6.61 Å². The molecule has 2 saturated heterocycles. The number of hydrogen-bond donors (Lipinski definition) is 2. The highest BCUT2D eigenvalue weighted by Gasteiger charge is 2.31. The van der Waals surface area contributed by atoms with E-state index in [9.17, 15) is 4.79 Å². The first-order chi connectivity index (χ1) is 5.36. The minimum atomic E-state index is 0. The first-order valence-corrected chi connectivity index (χ1v) is 3.98. The van der Waals surface area contributed by atoms with Gasteiger partial charge in [-0.05, 0) is 13.0 Å². The maximum absolute atomic E-state index is 10.9. The lowest BCUT2D eigenvalue weighted by Gasteiger charge is -2.35. The lowest BCUT2D eigenvalue weighted by molar-refractivity contribution is -0.138. The standard InChI is InChI=1S/C7H12N2O2.ClH/c10-7-4-11-6-1-2-8-3-5(6)9-7;/h5-6,8H,1-4H2,(H,9,10);1H/t5?,6-;/m0./s1. The van der Waals surface area contributed by atoms with Crippen LogP contribution in [0.2, 0.25) is 0 Å². The Morgan fingerprint density at radius 2 is 2.33 bits per heavy atom. The van der Waals surface area contributed by atoms with Crippen LogP contribution < -0.4 is 10.6 Å². The molecular weight excluding hydrogens is 180 g/mol. The summed E-state index contributed by atoms with van der Waals surface area (Å²) in [5, 5.41) is 6.10. The van der Waals surface area contributed by atoms with Crippen LogP contribution in [0.3, 0.4) is 0 Å². The number of morpholine rings is 1. The number of halogens is 1. The van der Waals surface area contributed by atoms with Crippen LogP contribution >= 0.6 is 12.4 Å². The van der Waals surface area contributed by atoms with Gasteiger partial charge < -0.3 is 15.4 Å². The van der Waals surface area contributed by atoms with Crippen molar-refractivity contribution in [3.05, 3.63) is 0 Å². The second kappa shape index (κ2) is 4.07. The Kier molecular flexibility index (Phi) is 3.31. The second-order valence-electron chi connectivity index (χ2n) is 3.02. The minimum Gasteiger partial charge on any atom is -0.366 e. The number of rotatable bonds is 0. The molecule has 2 rings (SSSR count). The topological polar surface area (TPSA) is 50.4 Å². The number of ether oxygens (including phenoxy) is 1. The highest BCUT2D eigenvalue weighted by molar-refractivity contribution is 5.85. The normalized spacial score (nSPS) is 34.5. The molecule has 2 atom stereocenters. The molecular formula is C7H13ClN2O2. The Hall–Kier alpha value is -0.320. The van der Waals surface area contributed by atoms with Gasteiger partial charge >= 0.3 is 0 Å². The molecule has 0 spiro atoms. The third kappa shape index (κ3) is 1.88. The molecule has 0 aromatic rings. The van der Waals surface area contributed by atoms with E-state index in [4.69, 9.17) is 4.74 Å². The van der Waals surface area contributed by atoms with E-state index in [0.717, 1.165) is 19.5 Å². The van der Waals surface area contributed by atoms with Crippen LogP contribution in [0.5, 0.6) is 0 Å². The summed E-state index contributed by atoms with van der Waals surface area (Å²) in [6, 6.07) is 0.199. The predicted octanol–water partition coefficient (Wildman–Crippen LogP) is -0.715. The summed E-state index contributed by atoms with van der Waals surface area (Å²) < 4.78 is 5.34. The van der Waals surface area contributed by atoms with Crippen molar-refractivity contribution in [3.8, 4) is 0 Å². The van der Waals surface area contributed by atoms with Gasteiger partial charge in [0.25, 0.3) is 0 Å². The van der Waals surface area contributed by atoms with Crippen LogP contribution in [0.15, 0.2) is 0 Å². The highest BCUT2D eigenvalue weighted by Crippen LogP contribution is 2.11. The summed E-state index contributed by atoms with van der Waals surface area (Å²) in [7, 11) is 0. The average Bonchev–Trinajstić information content (AvgIpc) is 2.04. The van der Waals surface area contributed by atoms with Crippen LogP contribution in [0, 0.1) is 0 Å².